The highest BCUT2D eigenvalue weighted by Crippen LogP contribution is 2.23. The van der Waals surface area contributed by atoms with Crippen LogP contribution in [0.3, 0.4) is 0 Å². The minimum absolute atomic E-state index is 0.113. The highest BCUT2D eigenvalue weighted by molar-refractivity contribution is 6.30. The smallest absolute Gasteiger partial charge is 0.147 e. The van der Waals surface area contributed by atoms with Gasteiger partial charge < -0.3 is 10.1 Å². The van der Waals surface area contributed by atoms with E-state index in [4.69, 9.17) is 16.3 Å². The Morgan fingerprint density at radius 1 is 1.10 bits per heavy atom. The number of rotatable bonds is 4. The fraction of sp³-hybridized carbons (Fsp3) is 0.312. The summed E-state index contributed by atoms with van der Waals surface area (Å²) < 4.78 is 5.69. The first-order valence-corrected chi connectivity index (χ1v) is 6.92. The molecule has 1 N–H and O–H groups in total. The number of benzene rings is 1. The fourth-order valence-corrected chi connectivity index (χ4v) is 1.79. The van der Waals surface area contributed by atoms with Gasteiger partial charge >= 0.3 is 0 Å². The number of ether oxygens (including phenoxy) is 1. The highest BCUT2D eigenvalue weighted by Gasteiger charge is 2.08. The molecule has 0 atom stereocenters. The Bertz CT molecular complexity index is 561. The second-order valence-corrected chi connectivity index (χ2v) is 6.12. The summed E-state index contributed by atoms with van der Waals surface area (Å²) in [6.45, 7) is 7.28. The van der Waals surface area contributed by atoms with E-state index in [1.54, 1.807) is 18.5 Å². The Hall–Kier alpha value is -1.58. The predicted molar refractivity (Wildman–Crippen MR) is 82.4 cm³/mol. The Kier molecular flexibility index (Phi) is 4.63. The second kappa shape index (κ2) is 6.25. The van der Waals surface area contributed by atoms with Crippen molar-refractivity contribution in [2.45, 2.75) is 32.9 Å². The minimum atomic E-state index is 0.113. The van der Waals surface area contributed by atoms with Crippen molar-refractivity contribution in [1.29, 1.82) is 0 Å². The van der Waals surface area contributed by atoms with Crippen LogP contribution in [0.5, 0.6) is 11.5 Å². The van der Waals surface area contributed by atoms with Crippen molar-refractivity contribution < 1.29 is 4.74 Å². The van der Waals surface area contributed by atoms with Crippen molar-refractivity contribution >= 4 is 11.6 Å². The van der Waals surface area contributed by atoms with Gasteiger partial charge in [-0.3, -0.25) is 4.98 Å². The molecule has 106 valence electrons. The Morgan fingerprint density at radius 2 is 1.80 bits per heavy atom. The van der Waals surface area contributed by atoms with Gasteiger partial charge in [-0.05, 0) is 38.5 Å². The number of nitrogens with one attached hydrogen (secondary N) is 1. The van der Waals surface area contributed by atoms with Crippen LogP contribution >= 0.6 is 11.6 Å². The van der Waals surface area contributed by atoms with Crippen LogP contribution in [0.2, 0.25) is 5.02 Å². The van der Waals surface area contributed by atoms with Gasteiger partial charge in [0.2, 0.25) is 0 Å². The van der Waals surface area contributed by atoms with Gasteiger partial charge in [0.25, 0.3) is 0 Å². The van der Waals surface area contributed by atoms with Crippen molar-refractivity contribution in [2.24, 2.45) is 0 Å². The summed E-state index contributed by atoms with van der Waals surface area (Å²) in [5, 5.41) is 4.01. The van der Waals surface area contributed by atoms with E-state index in [1.165, 1.54) is 5.56 Å². The largest absolute Gasteiger partial charge is 0.456 e. The molecule has 0 bridgehead atoms. The predicted octanol–water partition coefficient (Wildman–Crippen LogP) is 4.42. The normalized spacial score (nSPS) is 11.4. The Balaban J connectivity index is 1.98. The summed E-state index contributed by atoms with van der Waals surface area (Å²) in [6, 6.07) is 9.73. The lowest BCUT2D eigenvalue weighted by atomic mass is 10.1. The molecule has 20 heavy (non-hydrogen) atoms. The van der Waals surface area contributed by atoms with Crippen LogP contribution in [0.1, 0.15) is 26.3 Å². The first-order valence-electron chi connectivity index (χ1n) is 6.55. The maximum atomic E-state index is 5.87. The molecule has 0 saturated carbocycles. The lowest BCUT2D eigenvalue weighted by Gasteiger charge is -2.20. The topological polar surface area (TPSA) is 34.1 Å². The molecule has 0 saturated heterocycles. The standard InChI is InChI=1S/C16H19ClN2O/c1-16(2,3)19-9-12-4-6-14(7-5-12)20-15-8-13(17)10-18-11-15/h4-8,10-11,19H,9H2,1-3H3. The lowest BCUT2D eigenvalue weighted by Crippen LogP contribution is -2.34. The van der Waals surface area contributed by atoms with Gasteiger partial charge in [-0.1, -0.05) is 23.7 Å². The van der Waals surface area contributed by atoms with E-state index in [0.717, 1.165) is 12.3 Å². The minimum Gasteiger partial charge on any atom is -0.456 e. The third-order valence-electron chi connectivity index (χ3n) is 2.66. The Labute approximate surface area is 124 Å². The lowest BCUT2D eigenvalue weighted by molar-refractivity contribution is 0.424. The van der Waals surface area contributed by atoms with Crippen molar-refractivity contribution in [3.05, 3.63) is 53.3 Å². The van der Waals surface area contributed by atoms with E-state index in [1.807, 2.05) is 24.3 Å². The van der Waals surface area contributed by atoms with Crippen molar-refractivity contribution in [3.63, 3.8) is 0 Å². The average Bonchev–Trinajstić information content (AvgIpc) is 2.37. The quantitative estimate of drug-likeness (QED) is 0.905. The maximum absolute atomic E-state index is 5.87. The first kappa shape index (κ1) is 14.8. The van der Waals surface area contributed by atoms with Gasteiger partial charge in [0.05, 0.1) is 11.2 Å². The molecule has 0 radical (unpaired) electrons. The molecule has 0 spiro atoms. The molecule has 0 aliphatic carbocycles. The number of aromatic nitrogens is 1. The second-order valence-electron chi connectivity index (χ2n) is 5.69. The number of halogens is 1. The van der Waals surface area contributed by atoms with E-state index >= 15 is 0 Å². The third-order valence-corrected chi connectivity index (χ3v) is 2.87. The molecule has 4 heteroatoms. The van der Waals surface area contributed by atoms with Crippen LogP contribution < -0.4 is 10.1 Å². The molecule has 0 amide bonds. The van der Waals surface area contributed by atoms with Crippen LogP contribution in [0.4, 0.5) is 0 Å². The number of nitrogens with zero attached hydrogens (tertiary/aromatic N) is 1. The molecule has 2 aromatic rings. The Morgan fingerprint density at radius 3 is 2.40 bits per heavy atom. The summed E-state index contributed by atoms with van der Waals surface area (Å²) in [5.41, 5.74) is 1.33. The first-order chi connectivity index (χ1) is 9.42. The number of pyridine rings is 1. The van der Waals surface area contributed by atoms with Crippen LogP contribution in [-0.4, -0.2) is 10.5 Å². The summed E-state index contributed by atoms with van der Waals surface area (Å²) in [6.07, 6.45) is 3.22. The van der Waals surface area contributed by atoms with Crippen LogP contribution in [-0.2, 0) is 6.54 Å². The molecular formula is C16H19ClN2O. The summed E-state index contributed by atoms with van der Waals surface area (Å²) >= 11 is 5.87. The number of hydrogen-bond donors (Lipinski definition) is 1. The zero-order valence-electron chi connectivity index (χ0n) is 12.0. The molecule has 0 fully saturated rings. The van der Waals surface area contributed by atoms with Gasteiger partial charge in [0.1, 0.15) is 11.5 Å². The SMILES string of the molecule is CC(C)(C)NCc1ccc(Oc2cncc(Cl)c2)cc1. The zero-order valence-corrected chi connectivity index (χ0v) is 12.7. The number of hydrogen-bond acceptors (Lipinski definition) is 3. The van der Waals surface area contributed by atoms with Gasteiger partial charge in [-0.25, -0.2) is 0 Å². The summed E-state index contributed by atoms with van der Waals surface area (Å²) in [5.74, 6) is 1.41. The van der Waals surface area contributed by atoms with Gasteiger partial charge in [0.15, 0.2) is 0 Å². The fourth-order valence-electron chi connectivity index (χ4n) is 1.63. The highest BCUT2D eigenvalue weighted by atomic mass is 35.5. The van der Waals surface area contributed by atoms with E-state index < -0.39 is 0 Å². The molecule has 2 rings (SSSR count). The molecule has 3 nitrogen and oxygen atoms in total. The van der Waals surface area contributed by atoms with Crippen LogP contribution in [0, 0.1) is 0 Å². The van der Waals surface area contributed by atoms with Crippen molar-refractivity contribution in [2.75, 3.05) is 0 Å². The van der Waals surface area contributed by atoms with Crippen LogP contribution in [0.15, 0.2) is 42.7 Å². The van der Waals surface area contributed by atoms with Gasteiger partial charge in [-0.2, -0.15) is 0 Å². The molecule has 1 aromatic heterocycles. The van der Waals surface area contributed by atoms with Crippen molar-refractivity contribution in [3.8, 4) is 11.5 Å². The van der Waals surface area contributed by atoms with Gasteiger partial charge in [-0.15, -0.1) is 0 Å². The van der Waals surface area contributed by atoms with Crippen LogP contribution in [0.25, 0.3) is 0 Å². The molecule has 0 aliphatic rings. The van der Waals surface area contributed by atoms with Gasteiger partial charge in [0, 0.05) is 24.3 Å². The molecule has 0 aliphatic heterocycles. The molecule has 0 unspecified atom stereocenters. The summed E-state index contributed by atoms with van der Waals surface area (Å²) in [7, 11) is 0. The molecule has 1 heterocycles. The zero-order chi connectivity index (χ0) is 14.6. The van der Waals surface area contributed by atoms with E-state index in [2.05, 4.69) is 31.1 Å². The maximum Gasteiger partial charge on any atom is 0.147 e. The third kappa shape index (κ3) is 4.83. The molecular weight excluding hydrogens is 272 g/mol. The van der Waals surface area contributed by atoms with E-state index in [9.17, 15) is 0 Å². The monoisotopic (exact) mass is 290 g/mol. The van der Waals surface area contributed by atoms with E-state index in [-0.39, 0.29) is 5.54 Å². The van der Waals surface area contributed by atoms with E-state index in [0.29, 0.717) is 10.8 Å². The summed E-state index contributed by atoms with van der Waals surface area (Å²) in [4.78, 5) is 3.99. The van der Waals surface area contributed by atoms with Crippen molar-refractivity contribution in [1.82, 2.24) is 10.3 Å². The average molecular weight is 291 g/mol. The molecule has 1 aromatic carbocycles.